The number of ether oxygens (including phenoxy) is 1. The topological polar surface area (TPSA) is 26.3 Å². The van der Waals surface area contributed by atoms with Crippen LogP contribution in [0.25, 0.3) is 0 Å². The van der Waals surface area contributed by atoms with Crippen LogP contribution in [-0.4, -0.2) is 30.1 Å². The molecule has 3 saturated heterocycles. The lowest BCUT2D eigenvalue weighted by molar-refractivity contribution is -0.988. The largest absolute Gasteiger partial charge is 0.404 e. The molecule has 0 aromatic heterocycles. The Bertz CT molecular complexity index is 677. The second-order valence-corrected chi connectivity index (χ2v) is 7.16. The zero-order valence-corrected chi connectivity index (χ0v) is 13.9. The van der Waals surface area contributed by atoms with Crippen molar-refractivity contribution >= 4 is 5.97 Å². The summed E-state index contributed by atoms with van der Waals surface area (Å²) in [5, 5.41) is 0. The summed E-state index contributed by atoms with van der Waals surface area (Å²) in [6.07, 6.45) is 3.57. The maximum Gasteiger partial charge on any atom is 0.342 e. The standard InChI is InChI=1S/C21H24NO2/c23-21(19-9-5-2-6-10-19)24-20(18-7-3-1-4-8-18)22-14-11-17(12-15-22)13-16-22/h1-10,17,20H,11-16H2/q+1. The number of fused-ring (bicyclic) bond motifs is 3. The number of quaternary nitrogens is 1. The van der Waals surface area contributed by atoms with Crippen molar-refractivity contribution in [3.05, 3.63) is 71.8 Å². The minimum Gasteiger partial charge on any atom is -0.404 e. The van der Waals surface area contributed by atoms with E-state index in [0.29, 0.717) is 5.56 Å². The molecule has 1 atom stereocenters. The van der Waals surface area contributed by atoms with Crippen molar-refractivity contribution in [2.45, 2.75) is 25.5 Å². The van der Waals surface area contributed by atoms with E-state index < -0.39 is 0 Å². The first-order valence-electron chi connectivity index (χ1n) is 8.94. The number of benzene rings is 2. The van der Waals surface area contributed by atoms with Crippen LogP contribution in [0.3, 0.4) is 0 Å². The zero-order chi connectivity index (χ0) is 16.4. The van der Waals surface area contributed by atoms with Crippen LogP contribution in [0.1, 0.15) is 41.4 Å². The molecular formula is C21H24NO2+. The summed E-state index contributed by atoms with van der Waals surface area (Å²) >= 11 is 0. The van der Waals surface area contributed by atoms with Crippen LogP contribution < -0.4 is 0 Å². The van der Waals surface area contributed by atoms with Gasteiger partial charge in [0.15, 0.2) is 0 Å². The monoisotopic (exact) mass is 322 g/mol. The Morgan fingerprint density at radius 1 is 0.875 bits per heavy atom. The highest BCUT2D eigenvalue weighted by Crippen LogP contribution is 2.42. The van der Waals surface area contributed by atoms with E-state index in [9.17, 15) is 4.79 Å². The average molecular weight is 322 g/mol. The molecule has 0 amide bonds. The fourth-order valence-electron chi connectivity index (χ4n) is 4.30. The third kappa shape index (κ3) is 2.84. The van der Waals surface area contributed by atoms with E-state index in [2.05, 4.69) is 12.1 Å². The number of hydrogen-bond acceptors (Lipinski definition) is 2. The fourth-order valence-corrected chi connectivity index (χ4v) is 4.30. The summed E-state index contributed by atoms with van der Waals surface area (Å²) < 4.78 is 7.02. The molecule has 2 aromatic rings. The summed E-state index contributed by atoms with van der Waals surface area (Å²) in [6.45, 7) is 3.35. The maximum atomic E-state index is 12.7. The SMILES string of the molecule is O=C(OC(c1ccccc1)[N+]12CCC(CC1)CC2)c1ccccc1. The molecule has 2 bridgehead atoms. The van der Waals surface area contributed by atoms with Crippen LogP contribution in [0.15, 0.2) is 60.7 Å². The van der Waals surface area contributed by atoms with E-state index in [4.69, 9.17) is 4.74 Å². The molecule has 3 heterocycles. The lowest BCUT2D eigenvalue weighted by atomic mass is 9.85. The quantitative estimate of drug-likeness (QED) is 0.624. The summed E-state index contributed by atoms with van der Waals surface area (Å²) in [5.41, 5.74) is 1.74. The first-order valence-corrected chi connectivity index (χ1v) is 8.94. The predicted molar refractivity (Wildman–Crippen MR) is 93.2 cm³/mol. The molecule has 5 rings (SSSR count). The van der Waals surface area contributed by atoms with Crippen molar-refractivity contribution in [1.82, 2.24) is 0 Å². The molecule has 2 aromatic carbocycles. The fraction of sp³-hybridized carbons (Fsp3) is 0.381. The Morgan fingerprint density at radius 3 is 2.00 bits per heavy atom. The molecule has 1 unspecified atom stereocenters. The minimum absolute atomic E-state index is 0.194. The van der Waals surface area contributed by atoms with Gasteiger partial charge in [-0.15, -0.1) is 0 Å². The van der Waals surface area contributed by atoms with Crippen molar-refractivity contribution in [3.63, 3.8) is 0 Å². The van der Waals surface area contributed by atoms with E-state index in [1.54, 1.807) is 0 Å². The number of piperidine rings is 3. The number of rotatable bonds is 4. The van der Waals surface area contributed by atoms with Crippen molar-refractivity contribution in [3.8, 4) is 0 Å². The van der Waals surface area contributed by atoms with Crippen LogP contribution >= 0.6 is 0 Å². The van der Waals surface area contributed by atoms with Crippen molar-refractivity contribution < 1.29 is 14.0 Å². The highest BCUT2D eigenvalue weighted by molar-refractivity contribution is 5.89. The molecule has 124 valence electrons. The third-order valence-corrected chi connectivity index (χ3v) is 5.76. The molecule has 0 spiro atoms. The van der Waals surface area contributed by atoms with Gasteiger partial charge < -0.3 is 4.74 Å². The van der Waals surface area contributed by atoms with Crippen molar-refractivity contribution in [1.29, 1.82) is 0 Å². The molecule has 3 aliphatic heterocycles. The van der Waals surface area contributed by atoms with Crippen LogP contribution in [0.4, 0.5) is 0 Å². The molecule has 3 nitrogen and oxygen atoms in total. The molecule has 3 aliphatic rings. The highest BCUT2D eigenvalue weighted by Gasteiger charge is 2.47. The summed E-state index contributed by atoms with van der Waals surface area (Å²) in [7, 11) is 0. The molecular weight excluding hydrogens is 298 g/mol. The van der Waals surface area contributed by atoms with Gasteiger partial charge in [-0.3, -0.25) is 4.48 Å². The number of carbonyl (C=O) groups is 1. The van der Waals surface area contributed by atoms with Crippen LogP contribution in [0, 0.1) is 5.92 Å². The molecule has 3 heteroatoms. The van der Waals surface area contributed by atoms with Gasteiger partial charge in [0.25, 0.3) is 6.23 Å². The second kappa shape index (κ2) is 6.40. The van der Waals surface area contributed by atoms with Gasteiger partial charge in [0, 0.05) is 0 Å². The summed E-state index contributed by atoms with van der Waals surface area (Å²) in [5.74, 6) is 0.663. The lowest BCUT2D eigenvalue weighted by Gasteiger charge is -2.52. The number of esters is 1. The first-order chi connectivity index (χ1) is 11.8. The Morgan fingerprint density at radius 2 is 1.42 bits per heavy atom. The minimum atomic E-state index is -0.218. The molecule has 0 aliphatic carbocycles. The molecule has 0 radical (unpaired) electrons. The lowest BCUT2D eigenvalue weighted by Crippen LogP contribution is -2.60. The summed E-state index contributed by atoms with van der Waals surface area (Å²) in [6, 6.07) is 19.6. The van der Waals surface area contributed by atoms with E-state index >= 15 is 0 Å². The van der Waals surface area contributed by atoms with Crippen LogP contribution in [-0.2, 0) is 4.74 Å². The van der Waals surface area contributed by atoms with Gasteiger partial charge >= 0.3 is 5.97 Å². The van der Waals surface area contributed by atoms with Crippen molar-refractivity contribution in [2.75, 3.05) is 19.6 Å². The van der Waals surface area contributed by atoms with E-state index in [1.165, 1.54) is 19.3 Å². The normalized spacial score (nSPS) is 26.8. The Kier molecular flexibility index (Phi) is 4.11. The van der Waals surface area contributed by atoms with Crippen LogP contribution in [0.2, 0.25) is 0 Å². The van der Waals surface area contributed by atoms with Gasteiger partial charge in [-0.1, -0.05) is 36.4 Å². The van der Waals surface area contributed by atoms with E-state index in [0.717, 1.165) is 35.6 Å². The van der Waals surface area contributed by atoms with Gasteiger partial charge in [-0.25, -0.2) is 4.79 Å². The average Bonchev–Trinajstić information content (AvgIpc) is 2.68. The van der Waals surface area contributed by atoms with Gasteiger partial charge in [-0.05, 0) is 49.4 Å². The van der Waals surface area contributed by atoms with Gasteiger partial charge in [0.1, 0.15) is 0 Å². The number of carbonyl (C=O) groups excluding carboxylic acids is 1. The van der Waals surface area contributed by atoms with Gasteiger partial charge in [0.2, 0.25) is 0 Å². The number of nitrogens with zero attached hydrogens (tertiary/aromatic N) is 1. The molecule has 24 heavy (non-hydrogen) atoms. The van der Waals surface area contributed by atoms with Crippen LogP contribution in [0.5, 0.6) is 0 Å². The summed E-state index contributed by atoms with van der Waals surface area (Å²) in [4.78, 5) is 12.7. The van der Waals surface area contributed by atoms with E-state index in [-0.39, 0.29) is 12.2 Å². The van der Waals surface area contributed by atoms with Gasteiger partial charge in [-0.2, -0.15) is 0 Å². The Balaban J connectivity index is 1.65. The molecule has 0 saturated carbocycles. The predicted octanol–water partition coefficient (Wildman–Crippen LogP) is 4.17. The second-order valence-electron chi connectivity index (χ2n) is 7.16. The zero-order valence-electron chi connectivity index (χ0n) is 13.9. The Labute approximate surface area is 143 Å². The third-order valence-electron chi connectivity index (χ3n) is 5.76. The maximum absolute atomic E-state index is 12.7. The molecule has 0 N–H and O–H groups in total. The van der Waals surface area contributed by atoms with E-state index in [1.807, 2.05) is 48.5 Å². The molecule has 3 fully saturated rings. The van der Waals surface area contributed by atoms with Gasteiger partial charge in [0.05, 0.1) is 30.8 Å². The highest BCUT2D eigenvalue weighted by atomic mass is 16.6. The number of hydrogen-bond donors (Lipinski definition) is 0. The smallest absolute Gasteiger partial charge is 0.342 e. The Hall–Kier alpha value is -2.13. The van der Waals surface area contributed by atoms with Crippen molar-refractivity contribution in [2.24, 2.45) is 5.92 Å². The first kappa shape index (κ1) is 15.4.